The zero-order chi connectivity index (χ0) is 22.9. The van der Waals surface area contributed by atoms with E-state index in [0.717, 1.165) is 50.3 Å². The molecule has 178 valence electrons. The predicted octanol–water partition coefficient (Wildman–Crippen LogP) is 3.82. The van der Waals surface area contributed by atoms with E-state index >= 15 is 0 Å². The van der Waals surface area contributed by atoms with Gasteiger partial charge in [-0.2, -0.15) is 0 Å². The van der Waals surface area contributed by atoms with Crippen LogP contribution in [0.2, 0.25) is 0 Å². The van der Waals surface area contributed by atoms with E-state index in [9.17, 15) is 4.79 Å². The minimum Gasteiger partial charge on any atom is -0.494 e. The molecule has 0 aromatic heterocycles. The van der Waals surface area contributed by atoms with Crippen molar-refractivity contribution in [1.29, 1.82) is 0 Å². The average Bonchev–Trinajstić information content (AvgIpc) is 2.89. The van der Waals surface area contributed by atoms with Crippen molar-refractivity contribution >= 4 is 5.78 Å². The molecule has 6 heteroatoms. The maximum absolute atomic E-state index is 14.1. The first kappa shape index (κ1) is 23.9. The third kappa shape index (κ3) is 6.21. The highest BCUT2D eigenvalue weighted by Gasteiger charge is 2.39. The molecule has 0 bridgehead atoms. The Bertz CT molecular complexity index is 846. The lowest BCUT2D eigenvalue weighted by molar-refractivity contribution is -0.0301. The Balaban J connectivity index is 1.64. The SMILES string of the molecule is CCCCOc1ccc(C(=O)[C@H]([C@@H](c2ccccc2)N2CCOCC2)N2CCOCC2)cc1. The maximum Gasteiger partial charge on any atom is 0.181 e. The fraction of sp³-hybridized carbons (Fsp3) is 0.519. The number of nitrogens with zero attached hydrogens (tertiary/aromatic N) is 2. The van der Waals surface area contributed by atoms with Crippen LogP contribution >= 0.6 is 0 Å². The molecule has 2 aliphatic heterocycles. The van der Waals surface area contributed by atoms with Gasteiger partial charge in [0.25, 0.3) is 0 Å². The van der Waals surface area contributed by atoms with Gasteiger partial charge in [-0.3, -0.25) is 14.6 Å². The Kier molecular flexibility index (Phi) is 8.89. The molecular formula is C27H36N2O4. The summed E-state index contributed by atoms with van der Waals surface area (Å²) in [5, 5.41) is 0. The number of Topliss-reactive ketones (excluding diaryl/α,β-unsaturated/α-hetero) is 1. The molecule has 2 aliphatic rings. The highest BCUT2D eigenvalue weighted by atomic mass is 16.5. The lowest BCUT2D eigenvalue weighted by atomic mass is 9.89. The summed E-state index contributed by atoms with van der Waals surface area (Å²) < 4.78 is 17.1. The number of benzene rings is 2. The molecule has 2 aromatic rings. The van der Waals surface area contributed by atoms with E-state index in [1.807, 2.05) is 30.3 Å². The molecule has 2 fully saturated rings. The van der Waals surface area contributed by atoms with Crippen LogP contribution in [0, 0.1) is 0 Å². The Morgan fingerprint density at radius 1 is 0.879 bits per heavy atom. The van der Waals surface area contributed by atoms with Crippen LogP contribution in [0.3, 0.4) is 0 Å². The number of carbonyl (C=O) groups is 1. The molecule has 0 N–H and O–H groups in total. The highest BCUT2D eigenvalue weighted by molar-refractivity contribution is 6.00. The monoisotopic (exact) mass is 452 g/mol. The average molecular weight is 453 g/mol. The van der Waals surface area contributed by atoms with E-state index in [-0.39, 0.29) is 17.9 Å². The first-order chi connectivity index (χ1) is 16.3. The van der Waals surface area contributed by atoms with Crippen molar-refractivity contribution in [3.05, 3.63) is 65.7 Å². The van der Waals surface area contributed by atoms with Gasteiger partial charge in [0.15, 0.2) is 5.78 Å². The quantitative estimate of drug-likeness (QED) is 0.404. The van der Waals surface area contributed by atoms with Gasteiger partial charge in [0.2, 0.25) is 0 Å². The summed E-state index contributed by atoms with van der Waals surface area (Å²) in [4.78, 5) is 18.8. The zero-order valence-electron chi connectivity index (χ0n) is 19.7. The highest BCUT2D eigenvalue weighted by Crippen LogP contribution is 2.32. The largest absolute Gasteiger partial charge is 0.494 e. The summed E-state index contributed by atoms with van der Waals surface area (Å²) in [6.07, 6.45) is 2.12. The van der Waals surface area contributed by atoms with Crippen LogP contribution in [0.15, 0.2) is 54.6 Å². The number of unbranched alkanes of at least 4 members (excludes halogenated alkanes) is 1. The first-order valence-corrected chi connectivity index (χ1v) is 12.2. The minimum atomic E-state index is -0.291. The topological polar surface area (TPSA) is 51.2 Å². The summed E-state index contributed by atoms with van der Waals surface area (Å²) in [6, 6.07) is 17.8. The van der Waals surface area contributed by atoms with Gasteiger partial charge in [-0.15, -0.1) is 0 Å². The normalized spacial score (nSPS) is 19.7. The van der Waals surface area contributed by atoms with Crippen molar-refractivity contribution < 1.29 is 19.0 Å². The Hall–Kier alpha value is -2.25. The van der Waals surface area contributed by atoms with Crippen molar-refractivity contribution in [3.8, 4) is 5.75 Å². The van der Waals surface area contributed by atoms with Gasteiger partial charge in [-0.05, 0) is 36.2 Å². The number of rotatable bonds is 10. The molecule has 0 saturated carbocycles. The third-order valence-corrected chi connectivity index (χ3v) is 6.49. The van der Waals surface area contributed by atoms with Crippen LogP contribution < -0.4 is 4.74 Å². The first-order valence-electron chi connectivity index (χ1n) is 12.2. The van der Waals surface area contributed by atoms with Crippen LogP contribution in [-0.2, 0) is 9.47 Å². The van der Waals surface area contributed by atoms with Crippen LogP contribution in [0.1, 0.15) is 41.7 Å². The molecule has 0 unspecified atom stereocenters. The number of morpholine rings is 2. The molecular weight excluding hydrogens is 416 g/mol. The summed E-state index contributed by atoms with van der Waals surface area (Å²) in [5.74, 6) is 0.966. The van der Waals surface area contributed by atoms with Crippen LogP contribution in [0.4, 0.5) is 0 Å². The molecule has 2 heterocycles. The fourth-order valence-electron chi connectivity index (χ4n) is 4.68. The number of hydrogen-bond donors (Lipinski definition) is 0. The zero-order valence-corrected chi connectivity index (χ0v) is 19.7. The van der Waals surface area contributed by atoms with Crippen LogP contribution in [-0.4, -0.2) is 80.8 Å². The lowest BCUT2D eigenvalue weighted by Crippen LogP contribution is -2.55. The summed E-state index contributed by atoms with van der Waals surface area (Å²) in [5.41, 5.74) is 1.90. The second kappa shape index (κ2) is 12.3. The standard InChI is InChI=1S/C27H36N2O4/c1-2-3-17-33-24-11-9-23(10-12-24)27(30)26(29-15-20-32-21-16-29)25(22-7-5-4-6-8-22)28-13-18-31-19-14-28/h4-12,25-26H,2-3,13-21H2,1H3/t25-,26+/m1/s1. The fourth-order valence-corrected chi connectivity index (χ4v) is 4.68. The molecule has 4 rings (SSSR count). The van der Waals surface area contributed by atoms with E-state index in [1.54, 1.807) is 0 Å². The van der Waals surface area contributed by atoms with Gasteiger partial charge < -0.3 is 14.2 Å². The second-order valence-corrected chi connectivity index (χ2v) is 8.69. The smallest absolute Gasteiger partial charge is 0.181 e. The van der Waals surface area contributed by atoms with Gasteiger partial charge >= 0.3 is 0 Å². The Morgan fingerprint density at radius 3 is 2.09 bits per heavy atom. The van der Waals surface area contributed by atoms with E-state index in [2.05, 4.69) is 41.0 Å². The molecule has 2 atom stereocenters. The molecule has 0 amide bonds. The van der Waals surface area contributed by atoms with E-state index < -0.39 is 0 Å². The number of carbonyl (C=O) groups excluding carboxylic acids is 1. The van der Waals surface area contributed by atoms with Crippen LogP contribution in [0.25, 0.3) is 0 Å². The van der Waals surface area contributed by atoms with Crippen LogP contribution in [0.5, 0.6) is 5.75 Å². The number of ether oxygens (including phenoxy) is 3. The van der Waals surface area contributed by atoms with Gasteiger partial charge in [0.05, 0.1) is 45.1 Å². The number of ketones is 1. The predicted molar refractivity (Wildman–Crippen MR) is 129 cm³/mol. The molecule has 0 aliphatic carbocycles. The molecule has 33 heavy (non-hydrogen) atoms. The van der Waals surface area contributed by atoms with Gasteiger partial charge in [-0.1, -0.05) is 43.7 Å². The molecule has 0 radical (unpaired) electrons. The van der Waals surface area contributed by atoms with Crippen molar-refractivity contribution in [2.45, 2.75) is 31.8 Å². The van der Waals surface area contributed by atoms with E-state index in [0.29, 0.717) is 33.0 Å². The molecule has 6 nitrogen and oxygen atoms in total. The third-order valence-electron chi connectivity index (χ3n) is 6.49. The maximum atomic E-state index is 14.1. The van der Waals surface area contributed by atoms with E-state index in [4.69, 9.17) is 14.2 Å². The Morgan fingerprint density at radius 2 is 1.48 bits per heavy atom. The van der Waals surface area contributed by atoms with Crippen molar-refractivity contribution in [2.24, 2.45) is 0 Å². The van der Waals surface area contributed by atoms with Gasteiger partial charge in [0, 0.05) is 31.7 Å². The minimum absolute atomic E-state index is 0.0406. The molecule has 2 aromatic carbocycles. The van der Waals surface area contributed by atoms with Gasteiger partial charge in [-0.25, -0.2) is 0 Å². The molecule has 2 saturated heterocycles. The van der Waals surface area contributed by atoms with Crippen molar-refractivity contribution in [1.82, 2.24) is 9.80 Å². The lowest BCUT2D eigenvalue weighted by Gasteiger charge is -2.44. The Labute approximate surface area is 197 Å². The van der Waals surface area contributed by atoms with Crippen molar-refractivity contribution in [2.75, 3.05) is 59.2 Å². The van der Waals surface area contributed by atoms with E-state index in [1.165, 1.54) is 5.56 Å². The summed E-state index contributed by atoms with van der Waals surface area (Å²) in [7, 11) is 0. The summed E-state index contributed by atoms with van der Waals surface area (Å²) in [6.45, 7) is 8.67. The summed E-state index contributed by atoms with van der Waals surface area (Å²) >= 11 is 0. The second-order valence-electron chi connectivity index (χ2n) is 8.69. The van der Waals surface area contributed by atoms with Crippen molar-refractivity contribution in [3.63, 3.8) is 0 Å². The van der Waals surface area contributed by atoms with Gasteiger partial charge in [0.1, 0.15) is 5.75 Å². The number of hydrogen-bond acceptors (Lipinski definition) is 6. The molecule has 0 spiro atoms.